The molecule has 1 heterocycles. The lowest BCUT2D eigenvalue weighted by Crippen LogP contribution is -2.40. The van der Waals surface area contributed by atoms with Gasteiger partial charge in [-0.25, -0.2) is 0 Å². The maximum absolute atomic E-state index is 12.4. The van der Waals surface area contributed by atoms with Gasteiger partial charge in [-0.15, -0.1) is 0 Å². The highest BCUT2D eigenvalue weighted by molar-refractivity contribution is 5.97. The van der Waals surface area contributed by atoms with E-state index in [0.29, 0.717) is 18.7 Å². The van der Waals surface area contributed by atoms with Crippen molar-refractivity contribution < 1.29 is 19.8 Å². The van der Waals surface area contributed by atoms with Gasteiger partial charge in [-0.2, -0.15) is 0 Å². The minimum atomic E-state index is -0.717. The van der Waals surface area contributed by atoms with E-state index in [0.717, 1.165) is 24.8 Å². The smallest absolute Gasteiger partial charge is 0.307 e. The monoisotopic (exact) mass is 289 g/mol. The van der Waals surface area contributed by atoms with E-state index in [1.807, 2.05) is 6.92 Å². The van der Waals surface area contributed by atoms with Crippen LogP contribution in [0.4, 0.5) is 0 Å². The van der Waals surface area contributed by atoms with Crippen molar-refractivity contribution in [2.45, 2.75) is 26.2 Å². The van der Waals surface area contributed by atoms with Crippen molar-refractivity contribution in [1.29, 1.82) is 0 Å². The molecule has 5 heteroatoms. The summed E-state index contributed by atoms with van der Waals surface area (Å²) in [4.78, 5) is 25.2. The van der Waals surface area contributed by atoms with Gasteiger partial charge < -0.3 is 15.1 Å². The number of benzene rings is 1. The van der Waals surface area contributed by atoms with E-state index in [4.69, 9.17) is 5.11 Å². The van der Waals surface area contributed by atoms with Crippen LogP contribution in [0.5, 0.6) is 5.75 Å². The van der Waals surface area contributed by atoms with Crippen LogP contribution >= 0.6 is 0 Å². The minimum Gasteiger partial charge on any atom is -0.507 e. The van der Waals surface area contributed by atoms with Gasteiger partial charge in [-0.3, -0.25) is 9.59 Å². The molecule has 1 aromatic rings. The molecule has 1 atom stereocenters. The van der Waals surface area contributed by atoms with E-state index in [1.165, 1.54) is 0 Å². The van der Waals surface area contributed by atoms with Crippen LogP contribution in [0.3, 0.4) is 0 Å². The third-order valence-corrected chi connectivity index (χ3v) is 4.92. The average Bonchev–Trinajstić information content (AvgIpc) is 3.13. The van der Waals surface area contributed by atoms with Gasteiger partial charge in [0, 0.05) is 13.1 Å². The molecule has 1 saturated heterocycles. The molecule has 0 bridgehead atoms. The zero-order chi connectivity index (χ0) is 15.2. The van der Waals surface area contributed by atoms with Gasteiger partial charge in [0.2, 0.25) is 0 Å². The largest absolute Gasteiger partial charge is 0.507 e. The number of hydrogen-bond acceptors (Lipinski definition) is 3. The number of aromatic hydroxyl groups is 1. The Hall–Kier alpha value is -2.04. The van der Waals surface area contributed by atoms with Crippen LogP contribution in [0.15, 0.2) is 18.2 Å². The zero-order valence-electron chi connectivity index (χ0n) is 12.0. The molecule has 112 valence electrons. The molecule has 21 heavy (non-hydrogen) atoms. The molecule has 0 unspecified atom stereocenters. The molecule has 1 aromatic carbocycles. The van der Waals surface area contributed by atoms with Crippen molar-refractivity contribution in [3.05, 3.63) is 29.3 Å². The lowest BCUT2D eigenvalue weighted by molar-refractivity contribution is -0.139. The number of likely N-dealkylation sites (tertiary alicyclic amines) is 1. The second-order valence-electron chi connectivity index (χ2n) is 6.27. The molecule has 1 spiro atoms. The summed E-state index contributed by atoms with van der Waals surface area (Å²) in [6.45, 7) is 2.99. The van der Waals surface area contributed by atoms with Crippen molar-refractivity contribution in [1.82, 2.24) is 4.90 Å². The summed E-state index contributed by atoms with van der Waals surface area (Å²) < 4.78 is 0. The van der Waals surface area contributed by atoms with Gasteiger partial charge in [-0.05, 0) is 49.3 Å². The topological polar surface area (TPSA) is 77.8 Å². The number of carboxylic acids is 1. The molecule has 0 radical (unpaired) electrons. The third kappa shape index (κ3) is 2.37. The fraction of sp³-hybridized carbons (Fsp3) is 0.500. The average molecular weight is 289 g/mol. The fourth-order valence-electron chi connectivity index (χ4n) is 3.40. The molecule has 2 aliphatic rings. The number of aliphatic carboxylic acids is 1. The van der Waals surface area contributed by atoms with Crippen molar-refractivity contribution in [3.63, 3.8) is 0 Å². The van der Waals surface area contributed by atoms with Crippen LogP contribution in [0.25, 0.3) is 0 Å². The summed E-state index contributed by atoms with van der Waals surface area (Å²) >= 11 is 0. The molecule has 1 aliphatic carbocycles. The highest BCUT2D eigenvalue weighted by atomic mass is 16.4. The molecule has 0 aromatic heterocycles. The summed E-state index contributed by atoms with van der Waals surface area (Å²) in [5, 5.41) is 19.0. The Morgan fingerprint density at radius 2 is 1.95 bits per heavy atom. The third-order valence-electron chi connectivity index (χ3n) is 4.92. The van der Waals surface area contributed by atoms with E-state index < -0.39 is 5.97 Å². The Balaban J connectivity index is 1.67. The first-order valence-corrected chi connectivity index (χ1v) is 7.25. The normalized spacial score (nSPS) is 23.1. The number of phenols is 1. The Morgan fingerprint density at radius 1 is 1.29 bits per heavy atom. The summed E-state index contributed by atoms with van der Waals surface area (Å²) in [5.41, 5.74) is 1.14. The van der Waals surface area contributed by atoms with E-state index in [1.54, 1.807) is 23.1 Å². The molecule has 5 nitrogen and oxygen atoms in total. The number of amides is 1. The van der Waals surface area contributed by atoms with E-state index in [9.17, 15) is 14.7 Å². The second kappa shape index (κ2) is 4.76. The van der Waals surface area contributed by atoms with Gasteiger partial charge in [0.25, 0.3) is 5.91 Å². The predicted molar refractivity (Wildman–Crippen MR) is 76.2 cm³/mol. The van der Waals surface area contributed by atoms with Crippen LogP contribution in [-0.4, -0.2) is 40.1 Å². The van der Waals surface area contributed by atoms with E-state index >= 15 is 0 Å². The summed E-state index contributed by atoms with van der Waals surface area (Å²) in [7, 11) is 0. The van der Waals surface area contributed by atoms with Gasteiger partial charge in [0.05, 0.1) is 11.5 Å². The Morgan fingerprint density at radius 3 is 2.48 bits per heavy atom. The Labute approximate surface area is 123 Å². The number of carbonyl (C=O) groups is 2. The highest BCUT2D eigenvalue weighted by Gasteiger charge is 2.59. The van der Waals surface area contributed by atoms with Crippen LogP contribution in [-0.2, 0) is 4.79 Å². The number of hydrogen-bond donors (Lipinski definition) is 2. The van der Waals surface area contributed by atoms with Crippen molar-refractivity contribution in [2.75, 3.05) is 13.1 Å². The zero-order valence-corrected chi connectivity index (χ0v) is 12.0. The van der Waals surface area contributed by atoms with Gasteiger partial charge in [-0.1, -0.05) is 6.07 Å². The molecule has 1 saturated carbocycles. The lowest BCUT2D eigenvalue weighted by atomic mass is 9.90. The predicted octanol–water partition coefficient (Wildman–Crippen LogP) is 2.03. The number of piperidine rings is 1. The van der Waals surface area contributed by atoms with Gasteiger partial charge >= 0.3 is 5.97 Å². The van der Waals surface area contributed by atoms with Gasteiger partial charge in [0.15, 0.2) is 0 Å². The first-order chi connectivity index (χ1) is 9.93. The molecule has 2 N–H and O–H groups in total. The number of aryl methyl sites for hydroxylation is 1. The first kappa shape index (κ1) is 13.9. The minimum absolute atomic E-state index is 0.00937. The lowest BCUT2D eigenvalue weighted by Gasteiger charge is -2.32. The maximum Gasteiger partial charge on any atom is 0.307 e. The standard InChI is InChI=1S/C16H19NO4/c1-10-2-3-11(13(18)8-10)14(19)17-6-4-16(5-7-17)9-12(16)15(20)21/h2-3,8,12,18H,4-7,9H2,1H3,(H,20,21)/t12-/m1/s1. The SMILES string of the molecule is Cc1ccc(C(=O)N2CCC3(CC2)C[C@@H]3C(=O)O)c(O)c1. The Bertz CT molecular complexity index is 602. The number of rotatable bonds is 2. The van der Waals surface area contributed by atoms with Crippen molar-refractivity contribution in [3.8, 4) is 5.75 Å². The number of nitrogens with zero attached hydrogens (tertiary/aromatic N) is 1. The number of phenolic OH excluding ortho intramolecular Hbond substituents is 1. The maximum atomic E-state index is 12.4. The van der Waals surface area contributed by atoms with Crippen LogP contribution in [0, 0.1) is 18.3 Å². The van der Waals surface area contributed by atoms with Crippen molar-refractivity contribution in [2.24, 2.45) is 11.3 Å². The van der Waals surface area contributed by atoms with Crippen molar-refractivity contribution >= 4 is 11.9 Å². The number of carboxylic acid groups (broad SMARTS) is 1. The molecule has 2 fully saturated rings. The molecular weight excluding hydrogens is 270 g/mol. The molecule has 1 aliphatic heterocycles. The van der Waals surface area contributed by atoms with Crippen LogP contribution in [0.1, 0.15) is 35.2 Å². The van der Waals surface area contributed by atoms with Gasteiger partial charge in [0.1, 0.15) is 5.75 Å². The Kier molecular flexibility index (Phi) is 3.15. The van der Waals surface area contributed by atoms with E-state index in [-0.39, 0.29) is 23.0 Å². The quantitative estimate of drug-likeness (QED) is 0.873. The molecule has 3 rings (SSSR count). The molecule has 1 amide bonds. The van der Waals surface area contributed by atoms with E-state index in [2.05, 4.69) is 0 Å². The highest BCUT2D eigenvalue weighted by Crippen LogP contribution is 2.59. The summed E-state index contributed by atoms with van der Waals surface area (Å²) in [5.74, 6) is -1.11. The first-order valence-electron chi connectivity index (χ1n) is 7.25. The van der Waals surface area contributed by atoms with Crippen LogP contribution < -0.4 is 0 Å². The fourth-order valence-corrected chi connectivity index (χ4v) is 3.40. The summed E-state index contributed by atoms with van der Waals surface area (Å²) in [6.07, 6.45) is 2.21. The van der Waals surface area contributed by atoms with Crippen LogP contribution in [0.2, 0.25) is 0 Å². The summed E-state index contributed by atoms with van der Waals surface area (Å²) in [6, 6.07) is 5.04. The number of carbonyl (C=O) groups excluding carboxylic acids is 1. The second-order valence-corrected chi connectivity index (χ2v) is 6.27. The molecular formula is C16H19NO4.